The summed E-state index contributed by atoms with van der Waals surface area (Å²) in [7, 11) is 0. The van der Waals surface area contributed by atoms with Gasteiger partial charge in [-0.15, -0.1) is 5.10 Å². The van der Waals surface area contributed by atoms with Crippen LogP contribution in [0.15, 0.2) is 58.5 Å². The smallest absolute Gasteiger partial charge is 0.294 e. The molecule has 12 heteroatoms. The Balaban J connectivity index is 1.69. The maximum atomic E-state index is 13.0. The summed E-state index contributed by atoms with van der Waals surface area (Å²) in [6.07, 6.45) is 4.18. The van der Waals surface area contributed by atoms with Crippen molar-refractivity contribution in [1.82, 2.24) is 35.7 Å². The number of nitrogens with two attached hydrogens (primary N) is 1. The van der Waals surface area contributed by atoms with Crippen LogP contribution in [0.5, 0.6) is 5.75 Å². The Kier molecular flexibility index (Phi) is 6.34. The van der Waals surface area contributed by atoms with Gasteiger partial charge in [-0.05, 0) is 60.1 Å². The summed E-state index contributed by atoms with van der Waals surface area (Å²) in [5, 5.41) is 19.6. The van der Waals surface area contributed by atoms with E-state index < -0.39 is 5.91 Å². The molecule has 0 unspecified atom stereocenters. The van der Waals surface area contributed by atoms with Crippen LogP contribution < -0.4 is 15.9 Å². The molecule has 0 saturated carbocycles. The van der Waals surface area contributed by atoms with Crippen molar-refractivity contribution in [2.45, 2.75) is 20.3 Å². The van der Waals surface area contributed by atoms with E-state index in [4.69, 9.17) is 15.1 Å². The molecule has 0 atom stereocenters. The summed E-state index contributed by atoms with van der Waals surface area (Å²) in [6.45, 7) is 4.39. The molecular weight excluding hydrogens is 426 g/mol. The second-order valence-corrected chi connectivity index (χ2v) is 6.92. The van der Waals surface area contributed by atoms with Crippen LogP contribution >= 0.6 is 0 Å². The van der Waals surface area contributed by atoms with Gasteiger partial charge in [-0.25, -0.2) is 10.1 Å². The molecule has 0 spiro atoms. The van der Waals surface area contributed by atoms with Crippen molar-refractivity contribution in [2.75, 3.05) is 12.3 Å². The number of anilines is 1. The number of hydrazone groups is 1. The zero-order valence-corrected chi connectivity index (χ0v) is 18.0. The van der Waals surface area contributed by atoms with E-state index in [1.165, 1.54) is 4.68 Å². The van der Waals surface area contributed by atoms with Crippen molar-refractivity contribution >= 4 is 17.4 Å². The number of hydrogen-bond acceptors (Lipinski definition) is 10. The van der Waals surface area contributed by atoms with E-state index in [1.807, 2.05) is 6.92 Å². The Morgan fingerprint density at radius 2 is 1.94 bits per heavy atom. The van der Waals surface area contributed by atoms with Crippen LogP contribution in [0.25, 0.3) is 17.1 Å². The van der Waals surface area contributed by atoms with Crippen molar-refractivity contribution in [3.8, 4) is 22.8 Å². The summed E-state index contributed by atoms with van der Waals surface area (Å²) in [4.78, 5) is 17.0. The van der Waals surface area contributed by atoms with Gasteiger partial charge >= 0.3 is 0 Å². The number of carbonyl (C=O) groups is 1. The lowest BCUT2D eigenvalue weighted by molar-refractivity contribution is 0.0950. The molecule has 0 fully saturated rings. The highest BCUT2D eigenvalue weighted by Crippen LogP contribution is 2.28. The van der Waals surface area contributed by atoms with E-state index in [-0.39, 0.29) is 17.3 Å². The van der Waals surface area contributed by atoms with Crippen LogP contribution in [0, 0.1) is 0 Å². The highest BCUT2D eigenvalue weighted by Gasteiger charge is 2.25. The molecule has 4 aromatic rings. The number of aromatic nitrogens is 6. The van der Waals surface area contributed by atoms with Crippen LogP contribution in [0.2, 0.25) is 0 Å². The Bertz CT molecular complexity index is 1260. The van der Waals surface area contributed by atoms with E-state index in [1.54, 1.807) is 55.7 Å². The molecule has 33 heavy (non-hydrogen) atoms. The third-order valence-corrected chi connectivity index (χ3v) is 4.61. The number of hydrogen-bond donors (Lipinski definition) is 2. The van der Waals surface area contributed by atoms with Gasteiger partial charge in [-0.2, -0.15) is 9.78 Å². The number of pyridine rings is 1. The van der Waals surface area contributed by atoms with Crippen molar-refractivity contribution in [3.63, 3.8) is 0 Å². The Hall–Kier alpha value is -4.61. The monoisotopic (exact) mass is 447 g/mol. The topological polar surface area (TPSA) is 159 Å². The van der Waals surface area contributed by atoms with Crippen molar-refractivity contribution in [3.05, 3.63) is 60.0 Å². The van der Waals surface area contributed by atoms with Crippen LogP contribution in [0.3, 0.4) is 0 Å². The first-order valence-corrected chi connectivity index (χ1v) is 10.1. The summed E-state index contributed by atoms with van der Waals surface area (Å²) in [5.74, 6) is 0.249. The molecule has 3 N–H and O–H groups in total. The number of nitrogens with zero attached hydrogens (tertiary/aromatic N) is 7. The fourth-order valence-corrected chi connectivity index (χ4v) is 2.95. The second-order valence-electron chi connectivity index (χ2n) is 6.92. The zero-order chi connectivity index (χ0) is 23.2. The normalized spacial score (nSPS) is 11.4. The van der Waals surface area contributed by atoms with Gasteiger partial charge < -0.3 is 10.5 Å². The molecule has 3 aromatic heterocycles. The molecule has 0 radical (unpaired) electrons. The van der Waals surface area contributed by atoms with Gasteiger partial charge in [0.1, 0.15) is 11.4 Å². The molecular formula is C21H21N9O3. The minimum atomic E-state index is -0.564. The average Bonchev–Trinajstić information content (AvgIpc) is 3.48. The number of nitrogen functional groups attached to an aromatic ring is 1. The summed E-state index contributed by atoms with van der Waals surface area (Å²) >= 11 is 0. The van der Waals surface area contributed by atoms with Crippen LogP contribution in [0.1, 0.15) is 36.3 Å². The second kappa shape index (κ2) is 9.68. The number of rotatable bonds is 8. The molecule has 0 aliphatic rings. The first-order chi connectivity index (χ1) is 16.1. The third-order valence-electron chi connectivity index (χ3n) is 4.61. The van der Waals surface area contributed by atoms with Crippen LogP contribution in [0.4, 0.5) is 5.82 Å². The van der Waals surface area contributed by atoms with Crippen molar-refractivity contribution in [1.29, 1.82) is 0 Å². The van der Waals surface area contributed by atoms with Gasteiger partial charge in [-0.3, -0.25) is 9.78 Å². The standard InChI is InChI=1S/C21H21N9O3/c1-3-12-32-16-6-4-15(5-7-16)18-17(25-29-30(18)20-19(22)27-33-28-20)21(31)26-24-13(2)14-8-10-23-11-9-14/h4-11H,3,12H2,1-2H3,(H2,22,27)(H,26,31)/b24-13-. The molecule has 168 valence electrons. The molecule has 0 saturated heterocycles. The minimum Gasteiger partial charge on any atom is -0.494 e. The van der Waals surface area contributed by atoms with Gasteiger partial charge in [0.25, 0.3) is 5.91 Å². The average molecular weight is 447 g/mol. The predicted octanol–water partition coefficient (Wildman–Crippen LogP) is 2.24. The maximum Gasteiger partial charge on any atom is 0.294 e. The number of ether oxygens (including phenoxy) is 1. The Morgan fingerprint density at radius 1 is 1.18 bits per heavy atom. The van der Waals surface area contributed by atoms with Gasteiger partial charge in [0.15, 0.2) is 5.69 Å². The molecule has 1 amide bonds. The predicted molar refractivity (Wildman–Crippen MR) is 119 cm³/mol. The van der Waals surface area contributed by atoms with E-state index in [0.29, 0.717) is 29.3 Å². The Morgan fingerprint density at radius 3 is 2.61 bits per heavy atom. The van der Waals surface area contributed by atoms with E-state index in [2.05, 4.69) is 36.1 Å². The molecule has 4 rings (SSSR count). The quantitative estimate of drug-likeness (QED) is 0.305. The molecule has 0 aliphatic heterocycles. The molecule has 0 aliphatic carbocycles. The Labute approximate surface area is 188 Å². The fraction of sp³-hybridized carbons (Fsp3) is 0.190. The number of carbonyl (C=O) groups excluding carboxylic acids is 1. The lowest BCUT2D eigenvalue weighted by Gasteiger charge is -2.08. The van der Waals surface area contributed by atoms with Gasteiger partial charge in [-0.1, -0.05) is 12.1 Å². The number of nitrogens with one attached hydrogen (secondary N) is 1. The van der Waals surface area contributed by atoms with Crippen molar-refractivity contribution < 1.29 is 14.2 Å². The highest BCUT2D eigenvalue weighted by molar-refractivity contribution is 6.02. The van der Waals surface area contributed by atoms with Gasteiger partial charge in [0, 0.05) is 23.5 Å². The number of amides is 1. The summed E-state index contributed by atoms with van der Waals surface area (Å²) < 4.78 is 11.6. The van der Waals surface area contributed by atoms with Crippen LogP contribution in [-0.4, -0.2) is 48.5 Å². The summed E-state index contributed by atoms with van der Waals surface area (Å²) in [6, 6.07) is 10.7. The maximum absolute atomic E-state index is 13.0. The fourth-order valence-electron chi connectivity index (χ4n) is 2.95. The lowest BCUT2D eigenvalue weighted by atomic mass is 10.1. The van der Waals surface area contributed by atoms with Gasteiger partial charge in [0.2, 0.25) is 11.6 Å². The van der Waals surface area contributed by atoms with E-state index >= 15 is 0 Å². The SMILES string of the molecule is CCCOc1ccc(-c2c(C(=O)N/N=C(/C)c3ccncc3)nnn2-c2nonc2N)cc1. The van der Waals surface area contributed by atoms with Crippen molar-refractivity contribution in [2.24, 2.45) is 5.10 Å². The molecule has 1 aromatic carbocycles. The van der Waals surface area contributed by atoms with Gasteiger partial charge in [0.05, 0.1) is 12.3 Å². The molecule has 0 bridgehead atoms. The van der Waals surface area contributed by atoms with E-state index in [0.717, 1.165) is 12.0 Å². The lowest BCUT2D eigenvalue weighted by Crippen LogP contribution is -2.21. The molecule has 3 heterocycles. The highest BCUT2D eigenvalue weighted by atomic mass is 16.6. The zero-order valence-electron chi connectivity index (χ0n) is 18.0. The third kappa shape index (κ3) is 4.69. The number of benzene rings is 1. The van der Waals surface area contributed by atoms with E-state index in [9.17, 15) is 4.79 Å². The largest absolute Gasteiger partial charge is 0.494 e. The first-order valence-electron chi connectivity index (χ1n) is 10.1. The first kappa shape index (κ1) is 21.6. The summed E-state index contributed by atoms with van der Waals surface area (Å²) in [5.41, 5.74) is 10.8. The van der Waals surface area contributed by atoms with Crippen LogP contribution in [-0.2, 0) is 0 Å². The minimum absolute atomic E-state index is 0.00237. The molecule has 12 nitrogen and oxygen atoms in total.